The number of benzene rings is 1. The topological polar surface area (TPSA) is 61.9 Å². The van der Waals surface area contributed by atoms with Crippen LogP contribution >= 0.6 is 0 Å². The summed E-state index contributed by atoms with van der Waals surface area (Å²) in [4.78, 5) is 27.0. The van der Waals surface area contributed by atoms with Gasteiger partial charge in [-0.15, -0.1) is 0 Å². The van der Waals surface area contributed by atoms with Gasteiger partial charge in [0.1, 0.15) is 6.04 Å². The number of esters is 1. The lowest BCUT2D eigenvalue weighted by Gasteiger charge is -2.33. The van der Waals surface area contributed by atoms with Crippen LogP contribution in [0.4, 0.5) is 18.9 Å². The minimum absolute atomic E-state index is 0.306. The van der Waals surface area contributed by atoms with Crippen LogP contribution in [0.2, 0.25) is 0 Å². The molecule has 1 aromatic carbocycles. The molecule has 4 rings (SSSR count). The Bertz CT molecular complexity index is 753. The quantitative estimate of drug-likeness (QED) is 0.794. The molecular weight excluding hydrogens is 351 g/mol. The first kappa shape index (κ1) is 17.3. The summed E-state index contributed by atoms with van der Waals surface area (Å²) in [5, 5.41) is 3.05. The fourth-order valence-corrected chi connectivity index (χ4v) is 3.88. The molecule has 2 aliphatic heterocycles. The number of piperazine rings is 1. The van der Waals surface area contributed by atoms with Crippen LogP contribution in [0.25, 0.3) is 0 Å². The van der Waals surface area contributed by atoms with Crippen molar-refractivity contribution in [1.82, 2.24) is 10.2 Å². The molecule has 2 saturated heterocycles. The lowest BCUT2D eigenvalue weighted by atomic mass is 10.1. The third-order valence-corrected chi connectivity index (χ3v) is 5.12. The smallest absolute Gasteiger partial charge is 0.420 e. The SMILES string of the molecule is O=C1C2CNCCN2C(OC(=O)C(F)(F)F)N1c1ccc2c(c1)CCC2. The Balaban J connectivity index is 1.69. The van der Waals surface area contributed by atoms with Crippen LogP contribution in [-0.4, -0.2) is 55.0 Å². The molecule has 1 aromatic rings. The molecule has 3 aliphatic rings. The number of rotatable bonds is 2. The summed E-state index contributed by atoms with van der Waals surface area (Å²) >= 11 is 0. The highest BCUT2D eigenvalue weighted by Gasteiger charge is 2.52. The Morgan fingerprint density at radius 2 is 2.00 bits per heavy atom. The molecule has 6 nitrogen and oxygen atoms in total. The van der Waals surface area contributed by atoms with E-state index in [1.54, 1.807) is 6.07 Å². The third-order valence-electron chi connectivity index (χ3n) is 5.12. The molecule has 0 saturated carbocycles. The van der Waals surface area contributed by atoms with Gasteiger partial charge in [-0.25, -0.2) is 9.69 Å². The number of fused-ring (bicyclic) bond motifs is 2. The molecule has 1 aliphatic carbocycles. The minimum Gasteiger partial charge on any atom is -0.420 e. The number of carbonyl (C=O) groups is 2. The molecule has 2 heterocycles. The van der Waals surface area contributed by atoms with E-state index in [-0.39, 0.29) is 5.91 Å². The van der Waals surface area contributed by atoms with Crippen LogP contribution in [0.5, 0.6) is 0 Å². The van der Waals surface area contributed by atoms with Crippen molar-refractivity contribution in [2.45, 2.75) is 37.8 Å². The number of anilines is 1. The predicted molar refractivity (Wildman–Crippen MR) is 85.3 cm³/mol. The second-order valence-corrected chi connectivity index (χ2v) is 6.70. The molecular formula is C17H18F3N3O3. The fourth-order valence-electron chi connectivity index (χ4n) is 3.88. The van der Waals surface area contributed by atoms with Crippen LogP contribution in [0.3, 0.4) is 0 Å². The summed E-state index contributed by atoms with van der Waals surface area (Å²) in [7, 11) is 0. The first-order chi connectivity index (χ1) is 12.4. The largest absolute Gasteiger partial charge is 0.491 e. The van der Waals surface area contributed by atoms with Crippen LogP contribution < -0.4 is 10.2 Å². The van der Waals surface area contributed by atoms with Gasteiger partial charge in [-0.2, -0.15) is 13.2 Å². The number of carbonyl (C=O) groups excluding carboxylic acids is 2. The molecule has 2 unspecified atom stereocenters. The Morgan fingerprint density at radius 3 is 2.77 bits per heavy atom. The highest BCUT2D eigenvalue weighted by Crippen LogP contribution is 2.34. The maximum Gasteiger partial charge on any atom is 0.491 e. The zero-order valence-corrected chi connectivity index (χ0v) is 13.9. The molecule has 0 bridgehead atoms. The van der Waals surface area contributed by atoms with Crippen molar-refractivity contribution in [3.05, 3.63) is 29.3 Å². The number of nitrogens with zero attached hydrogens (tertiary/aromatic N) is 2. The highest BCUT2D eigenvalue weighted by atomic mass is 19.4. The maximum atomic E-state index is 12.9. The van der Waals surface area contributed by atoms with E-state index in [2.05, 4.69) is 5.32 Å². The van der Waals surface area contributed by atoms with Crippen molar-refractivity contribution < 1.29 is 27.5 Å². The molecule has 2 fully saturated rings. The van der Waals surface area contributed by atoms with Gasteiger partial charge in [0.25, 0.3) is 0 Å². The molecule has 1 amide bonds. The predicted octanol–water partition coefficient (Wildman–Crippen LogP) is 1.18. The molecule has 1 N–H and O–H groups in total. The first-order valence-corrected chi connectivity index (χ1v) is 8.55. The summed E-state index contributed by atoms with van der Waals surface area (Å²) in [6.07, 6.45) is -3.67. The van der Waals surface area contributed by atoms with Crippen molar-refractivity contribution in [3.63, 3.8) is 0 Å². The van der Waals surface area contributed by atoms with E-state index in [1.165, 1.54) is 15.4 Å². The number of alkyl halides is 3. The van der Waals surface area contributed by atoms with E-state index in [1.807, 2.05) is 12.1 Å². The van der Waals surface area contributed by atoms with Crippen LogP contribution in [0.1, 0.15) is 17.5 Å². The number of halogens is 3. The monoisotopic (exact) mass is 369 g/mol. The van der Waals surface area contributed by atoms with E-state index in [0.29, 0.717) is 25.3 Å². The van der Waals surface area contributed by atoms with E-state index in [0.717, 1.165) is 24.8 Å². The average Bonchev–Trinajstić information content (AvgIpc) is 3.17. The molecule has 140 valence electrons. The number of aryl methyl sites for hydroxylation is 2. The van der Waals surface area contributed by atoms with Crippen LogP contribution in [0, 0.1) is 0 Å². The van der Waals surface area contributed by atoms with Crippen LogP contribution in [-0.2, 0) is 27.2 Å². The molecule has 2 atom stereocenters. The van der Waals surface area contributed by atoms with Gasteiger partial charge in [0.05, 0.1) is 0 Å². The van der Waals surface area contributed by atoms with Crippen molar-refractivity contribution in [3.8, 4) is 0 Å². The summed E-state index contributed by atoms with van der Waals surface area (Å²) in [6.45, 7) is 1.12. The van der Waals surface area contributed by atoms with Crippen LogP contribution in [0.15, 0.2) is 18.2 Å². The fraction of sp³-hybridized carbons (Fsp3) is 0.529. The van der Waals surface area contributed by atoms with Crippen molar-refractivity contribution >= 4 is 17.6 Å². The van der Waals surface area contributed by atoms with Gasteiger partial charge in [-0.05, 0) is 42.5 Å². The average molecular weight is 369 g/mol. The van der Waals surface area contributed by atoms with Gasteiger partial charge < -0.3 is 10.1 Å². The summed E-state index contributed by atoms with van der Waals surface area (Å²) < 4.78 is 42.9. The zero-order valence-electron chi connectivity index (χ0n) is 13.9. The first-order valence-electron chi connectivity index (χ1n) is 8.55. The Morgan fingerprint density at radius 1 is 1.23 bits per heavy atom. The second kappa shape index (κ2) is 6.24. The number of amides is 1. The van der Waals surface area contributed by atoms with Gasteiger partial charge in [0.2, 0.25) is 12.3 Å². The summed E-state index contributed by atoms with van der Waals surface area (Å²) in [5.74, 6) is -2.66. The second-order valence-electron chi connectivity index (χ2n) is 6.70. The standard InChI is InChI=1S/C17H18F3N3O3/c18-17(19,20)15(25)26-16-22-7-6-21-9-13(22)14(24)23(16)12-5-4-10-2-1-3-11(10)8-12/h4-5,8,13,16,21H,1-3,6-7,9H2. The van der Waals surface area contributed by atoms with E-state index in [9.17, 15) is 22.8 Å². The number of hydrogen-bond donors (Lipinski definition) is 1. The zero-order chi connectivity index (χ0) is 18.5. The van der Waals surface area contributed by atoms with Crippen molar-refractivity contribution in [2.24, 2.45) is 0 Å². The lowest BCUT2D eigenvalue weighted by molar-refractivity contribution is -0.211. The van der Waals surface area contributed by atoms with Gasteiger partial charge in [-0.1, -0.05) is 6.07 Å². The number of hydrogen-bond acceptors (Lipinski definition) is 5. The van der Waals surface area contributed by atoms with Crippen molar-refractivity contribution in [1.29, 1.82) is 0 Å². The molecule has 0 spiro atoms. The Labute approximate surface area is 147 Å². The summed E-state index contributed by atoms with van der Waals surface area (Å²) in [6, 6.07) is 4.77. The van der Waals surface area contributed by atoms with Gasteiger partial charge in [0.15, 0.2) is 0 Å². The van der Waals surface area contributed by atoms with Gasteiger partial charge in [0, 0.05) is 25.3 Å². The normalized spacial score (nSPS) is 26.0. The highest BCUT2D eigenvalue weighted by molar-refractivity contribution is 6.00. The van der Waals surface area contributed by atoms with E-state index < -0.39 is 24.5 Å². The van der Waals surface area contributed by atoms with Gasteiger partial charge in [-0.3, -0.25) is 9.69 Å². The number of ether oxygens (including phenoxy) is 1. The maximum absolute atomic E-state index is 12.9. The molecule has 26 heavy (non-hydrogen) atoms. The molecule has 0 aromatic heterocycles. The van der Waals surface area contributed by atoms with Crippen molar-refractivity contribution in [2.75, 3.05) is 24.5 Å². The van der Waals surface area contributed by atoms with E-state index >= 15 is 0 Å². The van der Waals surface area contributed by atoms with E-state index in [4.69, 9.17) is 4.74 Å². The Kier molecular flexibility index (Phi) is 4.15. The third kappa shape index (κ3) is 2.84. The number of nitrogens with one attached hydrogen (secondary N) is 1. The summed E-state index contributed by atoms with van der Waals surface area (Å²) in [5.41, 5.74) is 2.73. The Hall–Kier alpha value is -2.13. The minimum atomic E-state index is -5.11. The lowest BCUT2D eigenvalue weighted by Crippen LogP contribution is -2.54. The molecule has 0 radical (unpaired) electrons. The van der Waals surface area contributed by atoms with Gasteiger partial charge >= 0.3 is 12.1 Å². The molecule has 9 heteroatoms.